The Bertz CT molecular complexity index is 692. The zero-order chi connectivity index (χ0) is 16.8. The number of carbonyl (C=O) groups excluding carboxylic acids is 2. The molecule has 2 aromatic rings. The average Bonchev–Trinajstić information content (AvgIpc) is 2.52. The minimum Gasteiger partial charge on any atom is -0.352 e. The summed E-state index contributed by atoms with van der Waals surface area (Å²) >= 11 is 0. The molecule has 0 bridgehead atoms. The second-order valence-electron chi connectivity index (χ2n) is 5.69. The van der Waals surface area contributed by atoms with Crippen LogP contribution in [0.1, 0.15) is 20.8 Å². The molecule has 2 N–H and O–H groups in total. The lowest BCUT2D eigenvalue weighted by molar-refractivity contribution is -0.122. The van der Waals surface area contributed by atoms with E-state index in [1.807, 2.05) is 63.2 Å². The van der Waals surface area contributed by atoms with Gasteiger partial charge in [0, 0.05) is 18.0 Å². The van der Waals surface area contributed by atoms with Gasteiger partial charge in [-0.15, -0.1) is 0 Å². The zero-order valence-corrected chi connectivity index (χ0v) is 13.8. The minimum absolute atomic E-state index is 0.0469. The Morgan fingerprint density at radius 1 is 1.09 bits per heavy atom. The van der Waals surface area contributed by atoms with Crippen LogP contribution in [0, 0.1) is 0 Å². The number of fused-ring (bicyclic) bond motifs is 1. The van der Waals surface area contributed by atoms with Crippen molar-refractivity contribution in [1.29, 1.82) is 0 Å². The van der Waals surface area contributed by atoms with E-state index in [2.05, 4.69) is 10.6 Å². The third kappa shape index (κ3) is 4.45. The van der Waals surface area contributed by atoms with Gasteiger partial charge in [0.05, 0.1) is 5.69 Å². The first kappa shape index (κ1) is 16.8. The van der Waals surface area contributed by atoms with Gasteiger partial charge in [-0.1, -0.05) is 36.4 Å². The molecule has 3 amide bonds. The number of likely N-dealkylation sites (N-methyl/N-ethyl adjacent to an activating group) is 1. The predicted octanol–water partition coefficient (Wildman–Crippen LogP) is 3.22. The number of anilines is 1. The number of carbonyl (C=O) groups is 2. The van der Waals surface area contributed by atoms with E-state index in [-0.39, 0.29) is 24.5 Å². The Morgan fingerprint density at radius 2 is 1.78 bits per heavy atom. The van der Waals surface area contributed by atoms with Crippen molar-refractivity contribution in [2.75, 3.05) is 18.4 Å². The number of benzene rings is 2. The van der Waals surface area contributed by atoms with Crippen LogP contribution in [-0.4, -0.2) is 36.0 Å². The van der Waals surface area contributed by atoms with Gasteiger partial charge >= 0.3 is 6.03 Å². The van der Waals surface area contributed by atoms with Crippen molar-refractivity contribution in [3.05, 3.63) is 42.5 Å². The second kappa shape index (κ2) is 7.63. The van der Waals surface area contributed by atoms with Crippen molar-refractivity contribution in [3.63, 3.8) is 0 Å². The van der Waals surface area contributed by atoms with E-state index in [9.17, 15) is 9.59 Å². The molecule has 0 fully saturated rings. The standard InChI is InChI=1S/C18H23N3O2/c1-4-21(12-17(22)19-13(2)3)18(23)20-16-11-7-9-14-8-5-6-10-15(14)16/h5-11,13H,4,12H2,1-3H3,(H,19,22)(H,20,23). The molecule has 23 heavy (non-hydrogen) atoms. The maximum absolute atomic E-state index is 12.4. The van der Waals surface area contributed by atoms with Crippen molar-refractivity contribution in [1.82, 2.24) is 10.2 Å². The molecule has 2 aromatic carbocycles. The summed E-state index contributed by atoms with van der Waals surface area (Å²) in [5, 5.41) is 7.74. The fraction of sp³-hybridized carbons (Fsp3) is 0.333. The molecule has 0 unspecified atom stereocenters. The quantitative estimate of drug-likeness (QED) is 0.890. The summed E-state index contributed by atoms with van der Waals surface area (Å²) in [6.07, 6.45) is 0. The van der Waals surface area contributed by atoms with Crippen molar-refractivity contribution in [2.45, 2.75) is 26.8 Å². The normalized spacial score (nSPS) is 10.6. The Balaban J connectivity index is 2.11. The van der Waals surface area contributed by atoms with Crippen LogP contribution in [0.15, 0.2) is 42.5 Å². The lowest BCUT2D eigenvalue weighted by atomic mass is 10.1. The molecule has 0 saturated carbocycles. The summed E-state index contributed by atoms with van der Waals surface area (Å²) in [5.74, 6) is -0.157. The highest BCUT2D eigenvalue weighted by molar-refractivity contribution is 6.02. The molecule has 0 atom stereocenters. The number of urea groups is 1. The number of hydrogen-bond acceptors (Lipinski definition) is 2. The molecule has 5 nitrogen and oxygen atoms in total. The molecule has 0 spiro atoms. The minimum atomic E-state index is -0.275. The Labute approximate surface area is 136 Å². The molecule has 0 heterocycles. The van der Waals surface area contributed by atoms with Crippen molar-refractivity contribution < 1.29 is 9.59 Å². The van der Waals surface area contributed by atoms with Gasteiger partial charge < -0.3 is 15.5 Å². The summed E-state index contributed by atoms with van der Waals surface area (Å²) in [6, 6.07) is 13.4. The Morgan fingerprint density at radius 3 is 2.48 bits per heavy atom. The van der Waals surface area contributed by atoms with E-state index in [4.69, 9.17) is 0 Å². The molecule has 122 valence electrons. The first-order chi connectivity index (χ1) is 11.0. The van der Waals surface area contributed by atoms with Crippen molar-refractivity contribution >= 4 is 28.4 Å². The topological polar surface area (TPSA) is 61.4 Å². The van der Waals surface area contributed by atoms with E-state index in [1.165, 1.54) is 4.90 Å². The van der Waals surface area contributed by atoms with E-state index in [1.54, 1.807) is 0 Å². The second-order valence-corrected chi connectivity index (χ2v) is 5.69. The van der Waals surface area contributed by atoms with Crippen LogP contribution in [0.25, 0.3) is 10.8 Å². The molecular formula is C18H23N3O2. The maximum Gasteiger partial charge on any atom is 0.322 e. The van der Waals surface area contributed by atoms with Crippen LogP contribution in [0.4, 0.5) is 10.5 Å². The number of nitrogens with zero attached hydrogens (tertiary/aromatic N) is 1. The highest BCUT2D eigenvalue weighted by Gasteiger charge is 2.16. The summed E-state index contributed by atoms with van der Waals surface area (Å²) in [7, 11) is 0. The fourth-order valence-corrected chi connectivity index (χ4v) is 2.40. The number of hydrogen-bond donors (Lipinski definition) is 2. The first-order valence-corrected chi connectivity index (χ1v) is 7.84. The maximum atomic E-state index is 12.4. The van der Waals surface area contributed by atoms with Gasteiger partial charge in [0.1, 0.15) is 6.54 Å². The van der Waals surface area contributed by atoms with E-state index >= 15 is 0 Å². The molecule has 0 aliphatic heterocycles. The highest BCUT2D eigenvalue weighted by atomic mass is 16.2. The zero-order valence-electron chi connectivity index (χ0n) is 13.8. The van der Waals surface area contributed by atoms with Gasteiger partial charge in [0.2, 0.25) is 5.91 Å². The summed E-state index contributed by atoms with van der Waals surface area (Å²) in [4.78, 5) is 25.8. The third-order valence-corrected chi connectivity index (χ3v) is 3.48. The number of nitrogens with one attached hydrogen (secondary N) is 2. The van der Waals surface area contributed by atoms with Gasteiger partial charge in [-0.3, -0.25) is 4.79 Å². The SMILES string of the molecule is CCN(CC(=O)NC(C)C)C(=O)Nc1cccc2ccccc12. The lowest BCUT2D eigenvalue weighted by Gasteiger charge is -2.22. The Hall–Kier alpha value is -2.56. The smallest absolute Gasteiger partial charge is 0.322 e. The first-order valence-electron chi connectivity index (χ1n) is 7.84. The van der Waals surface area contributed by atoms with Gasteiger partial charge in [-0.25, -0.2) is 4.79 Å². The van der Waals surface area contributed by atoms with Gasteiger partial charge in [-0.2, -0.15) is 0 Å². The molecule has 2 rings (SSSR count). The summed E-state index contributed by atoms with van der Waals surface area (Å²) < 4.78 is 0. The predicted molar refractivity (Wildman–Crippen MR) is 93.5 cm³/mol. The molecule has 0 aromatic heterocycles. The van der Waals surface area contributed by atoms with Crippen LogP contribution in [-0.2, 0) is 4.79 Å². The summed E-state index contributed by atoms with van der Waals surface area (Å²) in [5.41, 5.74) is 0.746. The van der Waals surface area contributed by atoms with Crippen LogP contribution in [0.2, 0.25) is 0 Å². The van der Waals surface area contributed by atoms with Crippen molar-refractivity contribution in [2.24, 2.45) is 0 Å². The third-order valence-electron chi connectivity index (χ3n) is 3.48. The number of amides is 3. The van der Waals surface area contributed by atoms with E-state index in [0.29, 0.717) is 6.54 Å². The lowest BCUT2D eigenvalue weighted by Crippen LogP contribution is -2.44. The van der Waals surface area contributed by atoms with Crippen LogP contribution < -0.4 is 10.6 Å². The van der Waals surface area contributed by atoms with Gasteiger partial charge in [0.25, 0.3) is 0 Å². The summed E-state index contributed by atoms with van der Waals surface area (Å²) in [6.45, 7) is 6.15. The molecule has 0 saturated heterocycles. The molecular weight excluding hydrogens is 290 g/mol. The van der Waals surface area contributed by atoms with Crippen LogP contribution in [0.5, 0.6) is 0 Å². The largest absolute Gasteiger partial charge is 0.352 e. The fourth-order valence-electron chi connectivity index (χ4n) is 2.40. The average molecular weight is 313 g/mol. The van der Waals surface area contributed by atoms with Gasteiger partial charge in [0.15, 0.2) is 0 Å². The Kier molecular flexibility index (Phi) is 5.57. The van der Waals surface area contributed by atoms with E-state index < -0.39 is 0 Å². The monoisotopic (exact) mass is 313 g/mol. The van der Waals surface area contributed by atoms with E-state index in [0.717, 1.165) is 16.5 Å². The number of rotatable bonds is 5. The molecule has 0 radical (unpaired) electrons. The van der Waals surface area contributed by atoms with Crippen LogP contribution >= 0.6 is 0 Å². The molecule has 0 aliphatic carbocycles. The highest BCUT2D eigenvalue weighted by Crippen LogP contribution is 2.23. The molecule has 0 aliphatic rings. The van der Waals surface area contributed by atoms with Gasteiger partial charge in [-0.05, 0) is 32.2 Å². The molecule has 5 heteroatoms. The van der Waals surface area contributed by atoms with Crippen molar-refractivity contribution in [3.8, 4) is 0 Å². The van der Waals surface area contributed by atoms with Crippen LogP contribution in [0.3, 0.4) is 0 Å².